The smallest absolute Gasteiger partial charge is 0.161 e. The average molecular weight is 266 g/mol. The molecule has 0 spiro atoms. The molecule has 1 heterocycles. The van der Waals surface area contributed by atoms with E-state index in [1.165, 1.54) is 0 Å². The summed E-state index contributed by atoms with van der Waals surface area (Å²) in [5.41, 5.74) is 0.823. The van der Waals surface area contributed by atoms with E-state index in [9.17, 15) is 5.11 Å². The monoisotopic (exact) mass is 266 g/mol. The number of likely N-dealkylation sites (N-methyl/N-ethyl adjacent to an activating group) is 2. The van der Waals surface area contributed by atoms with Crippen LogP contribution in [-0.4, -0.2) is 56.9 Å². The quantitative estimate of drug-likeness (QED) is 0.791. The standard InChI is InChI=1S/C14H22N2O3/c1-15-7-12(17)10-4-5-13(14(6-10)18-3)19-11-8-16(2)9-11/h4-6,11-12,15,17H,7-9H2,1-3H3. The fraction of sp³-hybridized carbons (Fsp3) is 0.571. The first-order valence-corrected chi connectivity index (χ1v) is 6.50. The van der Waals surface area contributed by atoms with Gasteiger partial charge in [-0.3, -0.25) is 4.90 Å². The molecule has 1 aliphatic rings. The average Bonchev–Trinajstić information content (AvgIpc) is 2.37. The van der Waals surface area contributed by atoms with Crippen molar-refractivity contribution in [2.45, 2.75) is 12.2 Å². The van der Waals surface area contributed by atoms with Gasteiger partial charge < -0.3 is 19.9 Å². The van der Waals surface area contributed by atoms with Crippen molar-refractivity contribution in [2.24, 2.45) is 0 Å². The molecule has 5 heteroatoms. The Morgan fingerprint density at radius 2 is 2.16 bits per heavy atom. The van der Waals surface area contributed by atoms with E-state index in [1.54, 1.807) is 7.11 Å². The Kier molecular flexibility index (Phi) is 4.63. The molecular weight excluding hydrogens is 244 g/mol. The highest BCUT2D eigenvalue weighted by Gasteiger charge is 2.26. The highest BCUT2D eigenvalue weighted by atomic mass is 16.5. The largest absolute Gasteiger partial charge is 0.493 e. The first kappa shape index (κ1) is 14.1. The lowest BCUT2D eigenvalue weighted by atomic mass is 10.1. The molecule has 1 atom stereocenters. The van der Waals surface area contributed by atoms with Crippen molar-refractivity contribution in [3.8, 4) is 11.5 Å². The molecule has 0 saturated carbocycles. The molecule has 1 aromatic carbocycles. The lowest BCUT2D eigenvalue weighted by molar-refractivity contribution is 0.0369. The van der Waals surface area contributed by atoms with Crippen LogP contribution >= 0.6 is 0 Å². The third kappa shape index (κ3) is 3.37. The molecule has 19 heavy (non-hydrogen) atoms. The van der Waals surface area contributed by atoms with Crippen molar-refractivity contribution < 1.29 is 14.6 Å². The van der Waals surface area contributed by atoms with Crippen LogP contribution in [0.5, 0.6) is 11.5 Å². The fourth-order valence-corrected chi connectivity index (χ4v) is 2.20. The minimum Gasteiger partial charge on any atom is -0.493 e. The van der Waals surface area contributed by atoms with Gasteiger partial charge in [-0.25, -0.2) is 0 Å². The number of ether oxygens (including phenoxy) is 2. The first-order valence-electron chi connectivity index (χ1n) is 6.50. The molecule has 1 unspecified atom stereocenters. The van der Waals surface area contributed by atoms with Gasteiger partial charge in [0.2, 0.25) is 0 Å². The molecule has 0 radical (unpaired) electrons. The van der Waals surface area contributed by atoms with Gasteiger partial charge >= 0.3 is 0 Å². The topological polar surface area (TPSA) is 54.0 Å². The molecule has 2 N–H and O–H groups in total. The predicted molar refractivity (Wildman–Crippen MR) is 73.8 cm³/mol. The Labute approximate surface area is 114 Å². The van der Waals surface area contributed by atoms with E-state index in [4.69, 9.17) is 9.47 Å². The second kappa shape index (κ2) is 6.23. The Bertz CT molecular complexity index is 419. The lowest BCUT2D eigenvalue weighted by Gasteiger charge is -2.36. The van der Waals surface area contributed by atoms with E-state index in [1.807, 2.05) is 25.2 Å². The normalized spacial score (nSPS) is 17.9. The molecular formula is C14H22N2O3. The number of methoxy groups -OCH3 is 1. The van der Waals surface area contributed by atoms with Crippen molar-refractivity contribution in [3.05, 3.63) is 23.8 Å². The number of rotatable bonds is 6. The Balaban J connectivity index is 2.07. The van der Waals surface area contributed by atoms with E-state index >= 15 is 0 Å². The van der Waals surface area contributed by atoms with Gasteiger partial charge in [0.25, 0.3) is 0 Å². The van der Waals surface area contributed by atoms with Crippen LogP contribution in [0, 0.1) is 0 Å². The lowest BCUT2D eigenvalue weighted by Crippen LogP contribution is -2.51. The number of hydrogen-bond acceptors (Lipinski definition) is 5. The molecule has 1 aromatic rings. The highest BCUT2D eigenvalue weighted by Crippen LogP contribution is 2.32. The summed E-state index contributed by atoms with van der Waals surface area (Å²) in [5, 5.41) is 12.9. The van der Waals surface area contributed by atoms with E-state index in [-0.39, 0.29) is 6.10 Å². The van der Waals surface area contributed by atoms with Crippen molar-refractivity contribution in [1.82, 2.24) is 10.2 Å². The summed E-state index contributed by atoms with van der Waals surface area (Å²) in [7, 11) is 5.49. The second-order valence-electron chi connectivity index (χ2n) is 4.94. The van der Waals surface area contributed by atoms with Gasteiger partial charge in [0.15, 0.2) is 11.5 Å². The zero-order valence-electron chi connectivity index (χ0n) is 11.7. The Morgan fingerprint density at radius 3 is 2.74 bits per heavy atom. The van der Waals surface area contributed by atoms with Crippen molar-refractivity contribution >= 4 is 0 Å². The van der Waals surface area contributed by atoms with Gasteiger partial charge in [0, 0.05) is 19.6 Å². The predicted octanol–water partition coefficient (Wildman–Crippen LogP) is 0.641. The molecule has 0 bridgehead atoms. The van der Waals surface area contributed by atoms with Crippen LogP contribution in [0.25, 0.3) is 0 Å². The summed E-state index contributed by atoms with van der Waals surface area (Å²) >= 11 is 0. The van der Waals surface area contributed by atoms with E-state index < -0.39 is 6.10 Å². The van der Waals surface area contributed by atoms with Crippen LogP contribution in [0.4, 0.5) is 0 Å². The van der Waals surface area contributed by atoms with Crippen LogP contribution in [0.3, 0.4) is 0 Å². The van der Waals surface area contributed by atoms with Crippen LogP contribution in [-0.2, 0) is 0 Å². The summed E-state index contributed by atoms with van der Waals surface area (Å²) in [6.07, 6.45) is -0.310. The van der Waals surface area contributed by atoms with Crippen LogP contribution in [0.2, 0.25) is 0 Å². The molecule has 0 amide bonds. The van der Waals surface area contributed by atoms with Crippen molar-refractivity contribution in [1.29, 1.82) is 0 Å². The summed E-state index contributed by atoms with van der Waals surface area (Å²) < 4.78 is 11.2. The Hall–Kier alpha value is -1.30. The maximum absolute atomic E-state index is 9.94. The second-order valence-corrected chi connectivity index (χ2v) is 4.94. The van der Waals surface area contributed by atoms with Crippen LogP contribution < -0.4 is 14.8 Å². The first-order chi connectivity index (χ1) is 9.13. The van der Waals surface area contributed by atoms with Gasteiger partial charge in [0.1, 0.15) is 6.10 Å². The molecule has 1 aliphatic heterocycles. The molecule has 1 fully saturated rings. The minimum atomic E-state index is -0.539. The Morgan fingerprint density at radius 1 is 1.42 bits per heavy atom. The van der Waals surface area contributed by atoms with Gasteiger partial charge in [-0.1, -0.05) is 6.07 Å². The number of hydrogen-bond donors (Lipinski definition) is 2. The summed E-state index contributed by atoms with van der Waals surface area (Å²) in [4.78, 5) is 2.20. The van der Waals surface area contributed by atoms with Crippen LogP contribution in [0.1, 0.15) is 11.7 Å². The van der Waals surface area contributed by atoms with Crippen molar-refractivity contribution in [2.75, 3.05) is 40.8 Å². The molecule has 1 saturated heterocycles. The third-order valence-corrected chi connectivity index (χ3v) is 3.29. The number of aliphatic hydroxyl groups excluding tert-OH is 1. The van der Waals surface area contributed by atoms with E-state index in [2.05, 4.69) is 17.3 Å². The maximum Gasteiger partial charge on any atom is 0.161 e. The summed E-state index contributed by atoms with van der Waals surface area (Å²) in [5.74, 6) is 1.41. The SMILES string of the molecule is CNCC(O)c1ccc(OC2CN(C)C2)c(OC)c1. The fourth-order valence-electron chi connectivity index (χ4n) is 2.20. The molecule has 2 rings (SSSR count). The number of nitrogens with zero attached hydrogens (tertiary/aromatic N) is 1. The van der Waals surface area contributed by atoms with Gasteiger partial charge in [0.05, 0.1) is 13.2 Å². The zero-order chi connectivity index (χ0) is 13.8. The minimum absolute atomic E-state index is 0.229. The molecule has 106 valence electrons. The molecule has 0 aromatic heterocycles. The van der Waals surface area contributed by atoms with Gasteiger partial charge in [-0.05, 0) is 31.8 Å². The molecule has 0 aliphatic carbocycles. The highest BCUT2D eigenvalue weighted by molar-refractivity contribution is 5.44. The van der Waals surface area contributed by atoms with Gasteiger partial charge in [-0.2, -0.15) is 0 Å². The van der Waals surface area contributed by atoms with Gasteiger partial charge in [-0.15, -0.1) is 0 Å². The number of benzene rings is 1. The number of likely N-dealkylation sites (tertiary alicyclic amines) is 1. The number of aliphatic hydroxyl groups is 1. The van der Waals surface area contributed by atoms with E-state index in [0.29, 0.717) is 12.3 Å². The van der Waals surface area contributed by atoms with Crippen LogP contribution in [0.15, 0.2) is 18.2 Å². The zero-order valence-corrected chi connectivity index (χ0v) is 11.7. The third-order valence-electron chi connectivity index (χ3n) is 3.29. The molecule has 5 nitrogen and oxygen atoms in total. The summed E-state index contributed by atoms with van der Waals surface area (Å²) in [6.45, 7) is 2.39. The van der Waals surface area contributed by atoms with Crippen molar-refractivity contribution in [3.63, 3.8) is 0 Å². The van der Waals surface area contributed by atoms with E-state index in [0.717, 1.165) is 24.4 Å². The maximum atomic E-state index is 9.94. The summed E-state index contributed by atoms with van der Waals surface area (Å²) in [6, 6.07) is 5.58. The number of nitrogens with one attached hydrogen (secondary N) is 1.